The van der Waals surface area contributed by atoms with Crippen molar-refractivity contribution in [1.29, 1.82) is 5.26 Å². The van der Waals surface area contributed by atoms with Gasteiger partial charge in [0.2, 0.25) is 10.0 Å². The molecule has 28 heavy (non-hydrogen) atoms. The maximum Gasteiger partial charge on any atom is 0.214 e. The van der Waals surface area contributed by atoms with Crippen LogP contribution in [0.2, 0.25) is 0 Å². The summed E-state index contributed by atoms with van der Waals surface area (Å²) in [4.78, 5) is 4.46. The lowest BCUT2D eigenvalue weighted by atomic mass is 9.78. The Balaban J connectivity index is 1.79. The second-order valence-corrected chi connectivity index (χ2v) is 9.53. The number of sulfonamides is 1. The molecule has 2 N–H and O–H groups in total. The van der Waals surface area contributed by atoms with Gasteiger partial charge in [-0.15, -0.1) is 0 Å². The standard InChI is InChI=1S/C20H24N4O3S/c1-27-19-10-17-18-9-16(19)13-7-15(8-13)28(25,26)24-6-4-2-3-5-22-20(17)14(11-21)12-23-18/h9-10,12-13,15,22,24H,2-8H2,1H3. The lowest BCUT2D eigenvalue weighted by molar-refractivity contribution is 0.370. The number of methoxy groups -OCH3 is 1. The quantitative estimate of drug-likeness (QED) is 0.763. The van der Waals surface area contributed by atoms with Crippen molar-refractivity contribution in [3.8, 4) is 11.8 Å². The lowest BCUT2D eigenvalue weighted by Crippen LogP contribution is -2.42. The molecule has 0 atom stereocenters. The molecule has 1 aliphatic carbocycles. The molecule has 1 aromatic heterocycles. The Hall–Kier alpha value is -2.37. The van der Waals surface area contributed by atoms with Crippen LogP contribution < -0.4 is 14.8 Å². The number of nitriles is 1. The maximum atomic E-state index is 12.5. The van der Waals surface area contributed by atoms with Crippen LogP contribution in [0.15, 0.2) is 18.3 Å². The molecular formula is C20H24N4O3S. The third-order valence-corrected chi connectivity index (χ3v) is 7.64. The molecule has 0 amide bonds. The number of hydrogen-bond acceptors (Lipinski definition) is 6. The highest BCUT2D eigenvalue weighted by atomic mass is 32.2. The maximum absolute atomic E-state index is 12.5. The number of ether oxygens (including phenoxy) is 1. The molecule has 0 saturated heterocycles. The monoisotopic (exact) mass is 400 g/mol. The van der Waals surface area contributed by atoms with Crippen LogP contribution in [0.4, 0.5) is 5.69 Å². The van der Waals surface area contributed by atoms with Crippen LogP contribution in [0.5, 0.6) is 5.75 Å². The fourth-order valence-electron chi connectivity index (χ4n) is 4.05. The zero-order valence-corrected chi connectivity index (χ0v) is 16.7. The van der Waals surface area contributed by atoms with E-state index in [9.17, 15) is 13.7 Å². The Kier molecular flexibility index (Phi) is 5.13. The Morgan fingerprint density at radius 3 is 2.75 bits per heavy atom. The number of nitrogens with zero attached hydrogens (tertiary/aromatic N) is 2. The van der Waals surface area contributed by atoms with Crippen LogP contribution in [-0.2, 0) is 10.0 Å². The van der Waals surface area contributed by atoms with Crippen LogP contribution in [-0.4, -0.2) is 38.9 Å². The summed E-state index contributed by atoms with van der Waals surface area (Å²) >= 11 is 0. The average molecular weight is 401 g/mol. The number of rotatable bonds is 1. The molecule has 3 aliphatic heterocycles. The molecule has 1 aromatic carbocycles. The van der Waals surface area contributed by atoms with Crippen molar-refractivity contribution < 1.29 is 13.2 Å². The zero-order valence-electron chi connectivity index (χ0n) is 15.9. The van der Waals surface area contributed by atoms with Crippen molar-refractivity contribution in [3.05, 3.63) is 29.5 Å². The van der Waals surface area contributed by atoms with Crippen LogP contribution in [0.1, 0.15) is 49.1 Å². The highest BCUT2D eigenvalue weighted by molar-refractivity contribution is 7.90. The Labute approximate surface area is 165 Å². The van der Waals surface area contributed by atoms with E-state index >= 15 is 0 Å². The molecule has 6 rings (SSSR count). The third kappa shape index (κ3) is 3.40. The Morgan fingerprint density at radius 1 is 1.21 bits per heavy atom. The normalized spacial score (nSPS) is 24.3. The molecular weight excluding hydrogens is 376 g/mol. The minimum Gasteiger partial charge on any atom is -0.496 e. The molecule has 1 saturated carbocycles. The summed E-state index contributed by atoms with van der Waals surface area (Å²) in [5.41, 5.74) is 3.07. The summed E-state index contributed by atoms with van der Waals surface area (Å²) in [7, 11) is -1.65. The first kappa shape index (κ1) is 19.0. The summed E-state index contributed by atoms with van der Waals surface area (Å²) < 4.78 is 33.3. The van der Waals surface area contributed by atoms with E-state index in [1.54, 1.807) is 13.3 Å². The molecule has 2 aromatic rings. The van der Waals surface area contributed by atoms with Gasteiger partial charge in [0.25, 0.3) is 0 Å². The van der Waals surface area contributed by atoms with Crippen molar-refractivity contribution in [2.75, 3.05) is 25.5 Å². The first-order valence-electron chi connectivity index (χ1n) is 9.66. The third-order valence-electron chi connectivity index (χ3n) is 5.77. The smallest absolute Gasteiger partial charge is 0.214 e. The van der Waals surface area contributed by atoms with Gasteiger partial charge in [-0.1, -0.05) is 6.42 Å². The van der Waals surface area contributed by atoms with E-state index in [0.29, 0.717) is 37.2 Å². The minimum absolute atomic E-state index is 0.127. The summed E-state index contributed by atoms with van der Waals surface area (Å²) in [6.45, 7) is 1.18. The van der Waals surface area contributed by atoms with Gasteiger partial charge in [-0.25, -0.2) is 13.1 Å². The number of aromatic nitrogens is 1. The van der Waals surface area contributed by atoms with Crippen LogP contribution in [0, 0.1) is 11.3 Å². The molecule has 0 radical (unpaired) electrons. The van der Waals surface area contributed by atoms with Crippen LogP contribution >= 0.6 is 0 Å². The van der Waals surface area contributed by atoms with Crippen LogP contribution in [0.25, 0.3) is 10.9 Å². The second-order valence-electron chi connectivity index (χ2n) is 7.49. The summed E-state index contributed by atoms with van der Waals surface area (Å²) in [6.07, 6.45) is 5.35. The van der Waals surface area contributed by atoms with Gasteiger partial charge >= 0.3 is 0 Å². The van der Waals surface area contributed by atoms with E-state index < -0.39 is 10.0 Å². The van der Waals surface area contributed by atoms with Gasteiger partial charge in [-0.2, -0.15) is 5.26 Å². The molecule has 1 fully saturated rings. The molecule has 6 bridgehead atoms. The SMILES string of the molecule is COc1cc2c3c(C#N)cnc2cc1C1CC(C1)S(=O)(=O)NCCCCCN3. The van der Waals surface area contributed by atoms with Crippen molar-refractivity contribution in [2.45, 2.75) is 43.3 Å². The molecule has 0 unspecified atom stereocenters. The van der Waals surface area contributed by atoms with Gasteiger partial charge in [0.15, 0.2) is 0 Å². The van der Waals surface area contributed by atoms with E-state index in [1.165, 1.54) is 0 Å². The van der Waals surface area contributed by atoms with Gasteiger partial charge in [0.05, 0.1) is 29.1 Å². The summed E-state index contributed by atoms with van der Waals surface area (Å²) in [6, 6.07) is 6.12. The Morgan fingerprint density at radius 2 is 2.00 bits per heavy atom. The van der Waals surface area contributed by atoms with E-state index in [0.717, 1.165) is 41.4 Å². The number of anilines is 1. The molecule has 0 spiro atoms. The summed E-state index contributed by atoms with van der Waals surface area (Å²) in [5, 5.41) is 13.4. The van der Waals surface area contributed by atoms with E-state index in [4.69, 9.17) is 4.74 Å². The molecule has 4 aliphatic rings. The van der Waals surface area contributed by atoms with Gasteiger partial charge in [-0.3, -0.25) is 4.98 Å². The van der Waals surface area contributed by atoms with Gasteiger partial charge in [0, 0.05) is 24.7 Å². The molecule has 148 valence electrons. The Bertz CT molecular complexity index is 1040. The fraction of sp³-hybridized carbons (Fsp3) is 0.500. The molecule has 7 nitrogen and oxygen atoms in total. The average Bonchev–Trinajstić information content (AvgIpc) is 2.64. The fourth-order valence-corrected chi connectivity index (χ4v) is 5.69. The first-order chi connectivity index (χ1) is 13.5. The minimum atomic E-state index is -3.27. The van der Waals surface area contributed by atoms with Gasteiger partial charge < -0.3 is 10.1 Å². The van der Waals surface area contributed by atoms with Gasteiger partial charge in [-0.05, 0) is 49.3 Å². The van der Waals surface area contributed by atoms with Crippen molar-refractivity contribution in [1.82, 2.24) is 9.71 Å². The predicted octanol–water partition coefficient (Wildman–Crippen LogP) is 2.88. The lowest BCUT2D eigenvalue weighted by Gasteiger charge is -2.36. The van der Waals surface area contributed by atoms with Crippen molar-refractivity contribution in [3.63, 3.8) is 0 Å². The van der Waals surface area contributed by atoms with E-state index in [1.807, 2.05) is 12.1 Å². The van der Waals surface area contributed by atoms with Crippen LogP contribution in [0.3, 0.4) is 0 Å². The first-order valence-corrected chi connectivity index (χ1v) is 11.2. The number of hydrogen-bond donors (Lipinski definition) is 2. The number of pyridine rings is 1. The van der Waals surface area contributed by atoms with Crippen molar-refractivity contribution >= 4 is 26.6 Å². The number of fused-ring (bicyclic) bond motifs is 1. The second kappa shape index (κ2) is 7.57. The topological polar surface area (TPSA) is 104 Å². The highest BCUT2D eigenvalue weighted by Crippen LogP contribution is 2.45. The molecule has 4 heterocycles. The highest BCUT2D eigenvalue weighted by Gasteiger charge is 2.40. The van der Waals surface area contributed by atoms with E-state index in [-0.39, 0.29) is 11.2 Å². The zero-order chi connectivity index (χ0) is 19.7. The predicted molar refractivity (Wildman–Crippen MR) is 108 cm³/mol. The summed E-state index contributed by atoms with van der Waals surface area (Å²) in [5.74, 6) is 0.844. The van der Waals surface area contributed by atoms with Crippen molar-refractivity contribution in [2.24, 2.45) is 0 Å². The largest absolute Gasteiger partial charge is 0.496 e. The number of nitrogens with one attached hydrogen (secondary N) is 2. The molecule has 8 heteroatoms. The van der Waals surface area contributed by atoms with Gasteiger partial charge in [0.1, 0.15) is 11.8 Å². The van der Waals surface area contributed by atoms with E-state index in [2.05, 4.69) is 21.1 Å². The number of benzene rings is 1.